The predicted molar refractivity (Wildman–Crippen MR) is 75.6 cm³/mol. The molecule has 0 radical (unpaired) electrons. The van der Waals surface area contributed by atoms with Crippen LogP contribution in [0.15, 0.2) is 0 Å². The van der Waals surface area contributed by atoms with Crippen molar-refractivity contribution in [2.45, 2.75) is 34.2 Å². The fourth-order valence-electron chi connectivity index (χ4n) is 2.00. The summed E-state index contributed by atoms with van der Waals surface area (Å²) in [4.78, 5) is 13.1. The summed E-state index contributed by atoms with van der Waals surface area (Å²) in [7, 11) is 0. The zero-order chi connectivity index (χ0) is 14.6. The molecule has 0 spiro atoms. The van der Waals surface area contributed by atoms with Gasteiger partial charge in [-0.2, -0.15) is 5.10 Å². The molecule has 19 heavy (non-hydrogen) atoms. The Kier molecular flexibility index (Phi) is 5.23. The van der Waals surface area contributed by atoms with Crippen molar-refractivity contribution in [2.24, 2.45) is 17.4 Å². The van der Waals surface area contributed by atoms with Crippen LogP contribution in [0.25, 0.3) is 0 Å². The average molecular weight is 265 g/mol. The number of aryl methyl sites for hydroxylation is 1. The highest BCUT2D eigenvalue weighted by Crippen LogP contribution is 2.22. The third-order valence-electron chi connectivity index (χ3n) is 3.00. The number of anilines is 1. The maximum Gasteiger partial charge on any atom is 0.236 e. The maximum atomic E-state index is 11.2. The Morgan fingerprint density at radius 1 is 1.32 bits per heavy atom. The standard InChI is InChI=1S/C13H23N5O/c1-8(2)6-18(7-12(15)19)13-11(5-14)9(3)10(4)16-17-13/h8H,5-7,14H2,1-4H3,(H2,15,19). The van der Waals surface area contributed by atoms with Crippen molar-refractivity contribution >= 4 is 11.7 Å². The Morgan fingerprint density at radius 2 is 1.95 bits per heavy atom. The summed E-state index contributed by atoms with van der Waals surface area (Å²) < 4.78 is 0. The van der Waals surface area contributed by atoms with E-state index in [1.165, 1.54) is 0 Å². The molecule has 0 fully saturated rings. The van der Waals surface area contributed by atoms with Crippen LogP contribution in [-0.2, 0) is 11.3 Å². The lowest BCUT2D eigenvalue weighted by atomic mass is 10.1. The molecule has 0 aliphatic rings. The second-order valence-corrected chi connectivity index (χ2v) is 5.16. The van der Waals surface area contributed by atoms with E-state index in [0.717, 1.165) is 16.8 Å². The fraction of sp³-hybridized carbons (Fsp3) is 0.615. The Balaban J connectivity index is 3.21. The lowest BCUT2D eigenvalue weighted by Crippen LogP contribution is -2.38. The van der Waals surface area contributed by atoms with Gasteiger partial charge < -0.3 is 16.4 Å². The number of hydrogen-bond donors (Lipinski definition) is 2. The summed E-state index contributed by atoms with van der Waals surface area (Å²) >= 11 is 0. The molecule has 1 rings (SSSR count). The highest BCUT2D eigenvalue weighted by molar-refractivity contribution is 5.79. The van der Waals surface area contributed by atoms with Crippen LogP contribution in [0.3, 0.4) is 0 Å². The molecule has 0 bridgehead atoms. The van der Waals surface area contributed by atoms with Gasteiger partial charge >= 0.3 is 0 Å². The van der Waals surface area contributed by atoms with Crippen LogP contribution >= 0.6 is 0 Å². The normalized spacial score (nSPS) is 10.8. The van der Waals surface area contributed by atoms with E-state index in [1.807, 2.05) is 18.7 Å². The molecular formula is C13H23N5O. The predicted octanol–water partition coefficient (Wildman–Crippen LogP) is 0.500. The summed E-state index contributed by atoms with van der Waals surface area (Å²) in [6.45, 7) is 9.19. The van der Waals surface area contributed by atoms with Crippen LogP contribution in [0.2, 0.25) is 0 Å². The molecule has 6 nitrogen and oxygen atoms in total. The van der Waals surface area contributed by atoms with Crippen molar-refractivity contribution in [3.63, 3.8) is 0 Å². The van der Waals surface area contributed by atoms with Crippen LogP contribution in [-0.4, -0.2) is 29.2 Å². The number of primary amides is 1. The number of hydrogen-bond acceptors (Lipinski definition) is 5. The molecule has 0 aliphatic carbocycles. The van der Waals surface area contributed by atoms with E-state index in [1.54, 1.807) is 0 Å². The molecule has 6 heteroatoms. The highest BCUT2D eigenvalue weighted by atomic mass is 16.1. The zero-order valence-corrected chi connectivity index (χ0v) is 12.1. The van der Waals surface area contributed by atoms with Gasteiger partial charge in [0.2, 0.25) is 5.91 Å². The van der Waals surface area contributed by atoms with Gasteiger partial charge in [-0.05, 0) is 25.3 Å². The van der Waals surface area contributed by atoms with E-state index in [4.69, 9.17) is 11.5 Å². The molecule has 0 aliphatic heterocycles. The van der Waals surface area contributed by atoms with Crippen molar-refractivity contribution in [3.05, 3.63) is 16.8 Å². The van der Waals surface area contributed by atoms with Gasteiger partial charge in [0.15, 0.2) is 5.82 Å². The first kappa shape index (κ1) is 15.4. The zero-order valence-electron chi connectivity index (χ0n) is 12.1. The number of amides is 1. The molecule has 4 N–H and O–H groups in total. The minimum atomic E-state index is -0.386. The van der Waals surface area contributed by atoms with Crippen LogP contribution in [0, 0.1) is 19.8 Å². The average Bonchev–Trinajstić information content (AvgIpc) is 2.30. The Bertz CT molecular complexity index is 459. The molecule has 1 heterocycles. The van der Waals surface area contributed by atoms with E-state index >= 15 is 0 Å². The molecule has 0 aromatic carbocycles. The Labute approximate surface area is 114 Å². The molecule has 0 saturated heterocycles. The summed E-state index contributed by atoms with van der Waals surface area (Å²) in [5.41, 5.74) is 13.9. The fourth-order valence-corrected chi connectivity index (χ4v) is 2.00. The molecule has 0 saturated carbocycles. The molecule has 1 aromatic heterocycles. The van der Waals surface area contributed by atoms with E-state index in [-0.39, 0.29) is 12.5 Å². The summed E-state index contributed by atoms with van der Waals surface area (Å²) in [6, 6.07) is 0. The van der Waals surface area contributed by atoms with Crippen LogP contribution < -0.4 is 16.4 Å². The monoisotopic (exact) mass is 265 g/mol. The highest BCUT2D eigenvalue weighted by Gasteiger charge is 2.18. The van der Waals surface area contributed by atoms with Gasteiger partial charge in [0.05, 0.1) is 12.2 Å². The first-order valence-electron chi connectivity index (χ1n) is 6.42. The third-order valence-corrected chi connectivity index (χ3v) is 3.00. The summed E-state index contributed by atoms with van der Waals surface area (Å²) in [5, 5.41) is 8.33. The van der Waals surface area contributed by atoms with E-state index < -0.39 is 0 Å². The van der Waals surface area contributed by atoms with Gasteiger partial charge in [0.25, 0.3) is 0 Å². The van der Waals surface area contributed by atoms with Gasteiger partial charge in [-0.25, -0.2) is 0 Å². The van der Waals surface area contributed by atoms with Gasteiger partial charge in [0, 0.05) is 18.7 Å². The SMILES string of the molecule is Cc1nnc(N(CC(N)=O)CC(C)C)c(CN)c1C. The van der Waals surface area contributed by atoms with Crippen molar-refractivity contribution < 1.29 is 4.79 Å². The minimum absolute atomic E-state index is 0.127. The lowest BCUT2D eigenvalue weighted by molar-refractivity contribution is -0.116. The Morgan fingerprint density at radius 3 is 2.42 bits per heavy atom. The van der Waals surface area contributed by atoms with Crippen LogP contribution in [0.1, 0.15) is 30.7 Å². The number of aromatic nitrogens is 2. The first-order chi connectivity index (χ1) is 8.86. The number of carbonyl (C=O) groups is 1. The number of carbonyl (C=O) groups excluding carboxylic acids is 1. The van der Waals surface area contributed by atoms with Crippen molar-refractivity contribution in [2.75, 3.05) is 18.0 Å². The van der Waals surface area contributed by atoms with Gasteiger partial charge in [-0.1, -0.05) is 13.8 Å². The first-order valence-corrected chi connectivity index (χ1v) is 6.42. The van der Waals surface area contributed by atoms with E-state index in [0.29, 0.717) is 24.8 Å². The molecule has 106 valence electrons. The molecule has 0 atom stereocenters. The number of nitrogens with zero attached hydrogens (tertiary/aromatic N) is 3. The Hall–Kier alpha value is -1.69. The van der Waals surface area contributed by atoms with E-state index in [2.05, 4.69) is 24.0 Å². The molecular weight excluding hydrogens is 242 g/mol. The van der Waals surface area contributed by atoms with Crippen molar-refractivity contribution in [1.29, 1.82) is 0 Å². The molecule has 1 amide bonds. The quantitative estimate of drug-likeness (QED) is 0.780. The smallest absolute Gasteiger partial charge is 0.236 e. The summed E-state index contributed by atoms with van der Waals surface area (Å²) in [5.74, 6) is 0.662. The molecule has 0 unspecified atom stereocenters. The van der Waals surface area contributed by atoms with Gasteiger partial charge in [0.1, 0.15) is 0 Å². The third kappa shape index (κ3) is 3.89. The second-order valence-electron chi connectivity index (χ2n) is 5.16. The summed E-state index contributed by atoms with van der Waals surface area (Å²) in [6.07, 6.45) is 0. The maximum absolute atomic E-state index is 11.2. The topological polar surface area (TPSA) is 98.1 Å². The largest absolute Gasteiger partial charge is 0.368 e. The number of nitrogens with two attached hydrogens (primary N) is 2. The van der Waals surface area contributed by atoms with Gasteiger partial charge in [-0.3, -0.25) is 4.79 Å². The van der Waals surface area contributed by atoms with Crippen LogP contribution in [0.5, 0.6) is 0 Å². The van der Waals surface area contributed by atoms with Crippen molar-refractivity contribution in [3.8, 4) is 0 Å². The van der Waals surface area contributed by atoms with Gasteiger partial charge in [-0.15, -0.1) is 5.10 Å². The van der Waals surface area contributed by atoms with Crippen LogP contribution in [0.4, 0.5) is 5.82 Å². The van der Waals surface area contributed by atoms with Crippen molar-refractivity contribution in [1.82, 2.24) is 10.2 Å². The number of rotatable bonds is 6. The minimum Gasteiger partial charge on any atom is -0.368 e. The van der Waals surface area contributed by atoms with E-state index in [9.17, 15) is 4.79 Å². The molecule has 1 aromatic rings. The lowest BCUT2D eigenvalue weighted by Gasteiger charge is -2.26. The second kappa shape index (κ2) is 6.47.